The lowest BCUT2D eigenvalue weighted by Crippen LogP contribution is -2.34. The van der Waals surface area contributed by atoms with Crippen LogP contribution in [0.2, 0.25) is 0 Å². The lowest BCUT2D eigenvalue weighted by atomic mass is 9.75. The van der Waals surface area contributed by atoms with E-state index in [1.54, 1.807) is 0 Å². The highest BCUT2D eigenvalue weighted by molar-refractivity contribution is 6.08. The van der Waals surface area contributed by atoms with E-state index in [0.29, 0.717) is 11.8 Å². The molecule has 13 heavy (non-hydrogen) atoms. The van der Waals surface area contributed by atoms with Crippen molar-refractivity contribution in [1.29, 1.82) is 0 Å². The maximum absolute atomic E-state index is 11.5. The summed E-state index contributed by atoms with van der Waals surface area (Å²) in [6, 6.07) is 0. The Morgan fingerprint density at radius 1 is 0.923 bits per heavy atom. The molecule has 2 nitrogen and oxygen atoms in total. The first-order chi connectivity index (χ1) is 6.27. The monoisotopic (exact) mass is 174 g/mol. The Balaban J connectivity index is 2.09. The van der Waals surface area contributed by atoms with Crippen LogP contribution in [0.15, 0.2) is 24.3 Å². The number of carbonyl (C=O) groups is 2. The number of hydrogen-bond donors (Lipinski definition) is 0. The zero-order valence-electron chi connectivity index (χ0n) is 7.14. The summed E-state index contributed by atoms with van der Waals surface area (Å²) in [5.41, 5.74) is 0. The molecule has 3 rings (SSSR count). The van der Waals surface area contributed by atoms with Crippen molar-refractivity contribution >= 4 is 11.6 Å². The highest BCUT2D eigenvalue weighted by Crippen LogP contribution is 2.50. The molecule has 3 aliphatic rings. The minimum absolute atomic E-state index is 0.0208. The van der Waals surface area contributed by atoms with Gasteiger partial charge in [0.25, 0.3) is 0 Å². The van der Waals surface area contributed by atoms with Crippen molar-refractivity contribution in [2.24, 2.45) is 23.7 Å². The predicted molar refractivity (Wildman–Crippen MR) is 46.9 cm³/mol. The van der Waals surface area contributed by atoms with Gasteiger partial charge in [0.05, 0.1) is 0 Å². The van der Waals surface area contributed by atoms with Gasteiger partial charge in [-0.15, -0.1) is 0 Å². The van der Waals surface area contributed by atoms with E-state index in [1.165, 1.54) is 12.2 Å². The largest absolute Gasteiger partial charge is 0.294 e. The molecule has 0 aromatic heterocycles. The molecule has 0 aromatic carbocycles. The zero-order chi connectivity index (χ0) is 9.00. The minimum atomic E-state index is -0.0208. The van der Waals surface area contributed by atoms with Crippen LogP contribution in [0.4, 0.5) is 0 Å². The molecule has 0 amide bonds. The molecular weight excluding hydrogens is 164 g/mol. The quantitative estimate of drug-likeness (QED) is 0.516. The van der Waals surface area contributed by atoms with E-state index in [0.717, 1.165) is 6.42 Å². The summed E-state index contributed by atoms with van der Waals surface area (Å²) in [5.74, 6) is 0.954. The van der Waals surface area contributed by atoms with Gasteiger partial charge in [-0.3, -0.25) is 9.59 Å². The van der Waals surface area contributed by atoms with Crippen LogP contribution in [-0.4, -0.2) is 11.6 Å². The second kappa shape index (κ2) is 2.19. The van der Waals surface area contributed by atoms with Crippen molar-refractivity contribution in [2.45, 2.75) is 6.42 Å². The zero-order valence-corrected chi connectivity index (χ0v) is 7.14. The SMILES string of the molecule is O=C1C=CC(=O)[C@H]2[C@@H]1[C@@H]1C=C[C@H]2C1. The molecule has 1 saturated carbocycles. The van der Waals surface area contributed by atoms with Crippen LogP contribution in [0.5, 0.6) is 0 Å². The molecule has 66 valence electrons. The van der Waals surface area contributed by atoms with Gasteiger partial charge < -0.3 is 0 Å². The fraction of sp³-hybridized carbons (Fsp3) is 0.455. The predicted octanol–water partition coefficient (Wildman–Crippen LogP) is 1.13. The fourth-order valence-corrected chi connectivity index (χ4v) is 2.98. The van der Waals surface area contributed by atoms with E-state index in [9.17, 15) is 9.59 Å². The summed E-state index contributed by atoms with van der Waals surface area (Å²) in [5, 5.41) is 0. The molecule has 0 heterocycles. The summed E-state index contributed by atoms with van der Waals surface area (Å²) in [6.07, 6.45) is 8.14. The third kappa shape index (κ3) is 0.781. The Bertz CT molecular complexity index is 319. The normalized spacial score (nSPS) is 45.8. The Morgan fingerprint density at radius 2 is 1.38 bits per heavy atom. The molecule has 0 saturated heterocycles. The van der Waals surface area contributed by atoms with Gasteiger partial charge >= 0.3 is 0 Å². The lowest BCUT2D eigenvalue weighted by molar-refractivity contribution is -0.129. The Morgan fingerprint density at radius 3 is 1.85 bits per heavy atom. The number of hydrogen-bond acceptors (Lipinski definition) is 2. The average molecular weight is 174 g/mol. The van der Waals surface area contributed by atoms with Crippen LogP contribution in [0, 0.1) is 23.7 Å². The van der Waals surface area contributed by atoms with Crippen molar-refractivity contribution in [3.63, 3.8) is 0 Å². The lowest BCUT2D eigenvalue weighted by Gasteiger charge is -2.26. The van der Waals surface area contributed by atoms with Gasteiger partial charge in [0, 0.05) is 11.8 Å². The molecule has 0 unspecified atom stereocenters. The maximum atomic E-state index is 11.5. The van der Waals surface area contributed by atoms with Gasteiger partial charge in [-0.1, -0.05) is 12.2 Å². The van der Waals surface area contributed by atoms with Gasteiger partial charge in [-0.25, -0.2) is 0 Å². The van der Waals surface area contributed by atoms with Crippen LogP contribution < -0.4 is 0 Å². The van der Waals surface area contributed by atoms with Gasteiger partial charge in [-0.2, -0.15) is 0 Å². The van der Waals surface area contributed by atoms with Crippen molar-refractivity contribution in [3.8, 4) is 0 Å². The number of ketones is 2. The van der Waals surface area contributed by atoms with E-state index >= 15 is 0 Å². The van der Waals surface area contributed by atoms with Gasteiger partial charge in [0.1, 0.15) is 0 Å². The summed E-state index contributed by atoms with van der Waals surface area (Å²) >= 11 is 0. The molecule has 0 aliphatic heterocycles. The third-order valence-corrected chi connectivity index (χ3v) is 3.53. The molecule has 0 radical (unpaired) electrons. The van der Waals surface area contributed by atoms with E-state index in [4.69, 9.17) is 0 Å². The molecule has 1 fully saturated rings. The van der Waals surface area contributed by atoms with Crippen molar-refractivity contribution in [3.05, 3.63) is 24.3 Å². The van der Waals surface area contributed by atoms with Crippen LogP contribution >= 0.6 is 0 Å². The van der Waals surface area contributed by atoms with Crippen LogP contribution in [0.25, 0.3) is 0 Å². The second-order valence-corrected chi connectivity index (χ2v) is 4.14. The second-order valence-electron chi connectivity index (χ2n) is 4.14. The smallest absolute Gasteiger partial charge is 0.160 e. The van der Waals surface area contributed by atoms with E-state index in [1.807, 2.05) is 0 Å². The molecular formula is C11H10O2. The van der Waals surface area contributed by atoms with Crippen LogP contribution in [-0.2, 0) is 9.59 Å². The third-order valence-electron chi connectivity index (χ3n) is 3.53. The van der Waals surface area contributed by atoms with E-state index in [-0.39, 0.29) is 23.4 Å². The topological polar surface area (TPSA) is 34.1 Å². The summed E-state index contributed by atoms with van der Waals surface area (Å²) in [4.78, 5) is 23.1. The highest BCUT2D eigenvalue weighted by Gasteiger charge is 2.51. The average Bonchev–Trinajstić information content (AvgIpc) is 2.70. The Kier molecular flexibility index (Phi) is 1.22. The van der Waals surface area contributed by atoms with Crippen LogP contribution in [0.3, 0.4) is 0 Å². The first-order valence-electron chi connectivity index (χ1n) is 4.71. The van der Waals surface area contributed by atoms with Gasteiger partial charge in [0.2, 0.25) is 0 Å². The van der Waals surface area contributed by atoms with Crippen molar-refractivity contribution in [1.82, 2.24) is 0 Å². The molecule has 2 bridgehead atoms. The molecule has 0 spiro atoms. The molecule has 0 N–H and O–H groups in total. The number of carbonyl (C=O) groups excluding carboxylic acids is 2. The fourth-order valence-electron chi connectivity index (χ4n) is 2.98. The van der Waals surface area contributed by atoms with Crippen molar-refractivity contribution in [2.75, 3.05) is 0 Å². The molecule has 2 heteroatoms. The maximum Gasteiger partial charge on any atom is 0.160 e. The van der Waals surface area contributed by atoms with Crippen molar-refractivity contribution < 1.29 is 9.59 Å². The first kappa shape index (κ1) is 7.25. The highest BCUT2D eigenvalue weighted by atomic mass is 16.1. The number of fused-ring (bicyclic) bond motifs is 5. The standard InChI is InChI=1S/C11H10O2/c12-8-3-4-9(13)11-7-2-1-6(5-7)10(8)11/h1-4,6-7,10-11H,5H2/t6-,7+,10-,11+. The van der Waals surface area contributed by atoms with Gasteiger partial charge in [-0.05, 0) is 30.4 Å². The first-order valence-corrected chi connectivity index (χ1v) is 4.71. The van der Waals surface area contributed by atoms with Gasteiger partial charge in [0.15, 0.2) is 11.6 Å². The minimum Gasteiger partial charge on any atom is -0.294 e. The molecule has 3 aliphatic carbocycles. The summed E-state index contributed by atoms with van der Waals surface area (Å²) < 4.78 is 0. The van der Waals surface area contributed by atoms with E-state index in [2.05, 4.69) is 12.2 Å². The summed E-state index contributed by atoms with van der Waals surface area (Å²) in [7, 11) is 0. The number of allylic oxidation sites excluding steroid dienone is 4. The summed E-state index contributed by atoms with van der Waals surface area (Å²) in [6.45, 7) is 0. The van der Waals surface area contributed by atoms with Crippen LogP contribution in [0.1, 0.15) is 6.42 Å². The van der Waals surface area contributed by atoms with E-state index < -0.39 is 0 Å². The molecule has 0 aromatic rings. The Hall–Kier alpha value is -1.18. The number of rotatable bonds is 0. The molecule has 4 atom stereocenters. The Labute approximate surface area is 76.3 Å².